The van der Waals surface area contributed by atoms with E-state index in [4.69, 9.17) is 5.11 Å². The summed E-state index contributed by atoms with van der Waals surface area (Å²) >= 11 is 0. The molecule has 7 heteroatoms. The van der Waals surface area contributed by atoms with Crippen LogP contribution in [0.3, 0.4) is 0 Å². The molecule has 0 aromatic heterocycles. The Balaban J connectivity index is 2.10. The maximum Gasteiger partial charge on any atom is 0.307 e. The van der Waals surface area contributed by atoms with E-state index in [1.165, 1.54) is 12.1 Å². The van der Waals surface area contributed by atoms with E-state index >= 15 is 0 Å². The van der Waals surface area contributed by atoms with Crippen LogP contribution >= 0.6 is 0 Å². The fourth-order valence-corrected chi connectivity index (χ4v) is 4.17. The number of carboxylic acid groups (broad SMARTS) is 1. The van der Waals surface area contributed by atoms with Gasteiger partial charge in [-0.1, -0.05) is 6.92 Å². The second-order valence-corrected chi connectivity index (χ2v) is 8.05. The third-order valence-electron chi connectivity index (χ3n) is 4.09. The van der Waals surface area contributed by atoms with Crippen molar-refractivity contribution in [3.05, 3.63) is 29.6 Å². The zero-order valence-electron chi connectivity index (χ0n) is 12.5. The van der Waals surface area contributed by atoms with Crippen molar-refractivity contribution in [3.8, 4) is 0 Å². The van der Waals surface area contributed by atoms with E-state index in [2.05, 4.69) is 0 Å². The average Bonchev–Trinajstić information content (AvgIpc) is 2.49. The Bertz CT molecular complexity index is 652. The molecule has 0 aliphatic carbocycles. The molecule has 0 bridgehead atoms. The Morgan fingerprint density at radius 3 is 2.55 bits per heavy atom. The molecule has 0 amide bonds. The van der Waals surface area contributed by atoms with Crippen LogP contribution in [0.15, 0.2) is 18.2 Å². The van der Waals surface area contributed by atoms with Crippen molar-refractivity contribution in [1.29, 1.82) is 0 Å². The first kappa shape index (κ1) is 16.7. The number of benzene rings is 1. The molecule has 22 heavy (non-hydrogen) atoms. The second-order valence-electron chi connectivity index (χ2n) is 5.48. The van der Waals surface area contributed by atoms with E-state index in [0.29, 0.717) is 25.9 Å². The predicted molar refractivity (Wildman–Crippen MR) is 82.4 cm³/mol. The van der Waals surface area contributed by atoms with Gasteiger partial charge >= 0.3 is 5.97 Å². The lowest BCUT2D eigenvalue weighted by molar-refractivity contribution is -0.136. The van der Waals surface area contributed by atoms with Crippen LogP contribution in [0.4, 0.5) is 10.1 Å². The molecule has 1 aromatic carbocycles. The predicted octanol–water partition coefficient (Wildman–Crippen LogP) is 1.86. The van der Waals surface area contributed by atoms with Crippen molar-refractivity contribution >= 4 is 21.5 Å². The Morgan fingerprint density at radius 2 is 2.00 bits per heavy atom. The van der Waals surface area contributed by atoms with Crippen LogP contribution < -0.4 is 4.90 Å². The molecule has 0 unspecified atom stereocenters. The molecule has 1 aliphatic heterocycles. The lowest BCUT2D eigenvalue weighted by Crippen LogP contribution is -2.39. The summed E-state index contributed by atoms with van der Waals surface area (Å²) in [6, 6.07) is 4.41. The molecule has 0 spiro atoms. The van der Waals surface area contributed by atoms with Gasteiger partial charge in [0, 0.05) is 30.1 Å². The van der Waals surface area contributed by atoms with E-state index in [1.807, 2.05) is 4.90 Å². The SMILES string of the molecule is CCS(=O)(=O)C1CCN(c2ccc(F)c(CC(=O)O)c2)CC1. The summed E-state index contributed by atoms with van der Waals surface area (Å²) in [5.74, 6) is -1.46. The van der Waals surface area contributed by atoms with E-state index in [0.717, 1.165) is 5.69 Å². The molecule has 1 heterocycles. The van der Waals surface area contributed by atoms with Gasteiger partial charge in [-0.2, -0.15) is 0 Å². The number of piperidine rings is 1. The molecular weight excluding hydrogens is 309 g/mol. The van der Waals surface area contributed by atoms with Gasteiger partial charge in [0.15, 0.2) is 9.84 Å². The van der Waals surface area contributed by atoms with Crippen molar-refractivity contribution < 1.29 is 22.7 Å². The van der Waals surface area contributed by atoms with Crippen molar-refractivity contribution in [2.45, 2.75) is 31.4 Å². The highest BCUT2D eigenvalue weighted by Gasteiger charge is 2.28. The smallest absolute Gasteiger partial charge is 0.307 e. The lowest BCUT2D eigenvalue weighted by Gasteiger charge is -2.33. The largest absolute Gasteiger partial charge is 0.481 e. The highest BCUT2D eigenvalue weighted by atomic mass is 32.2. The van der Waals surface area contributed by atoms with Crippen LogP contribution in [0.5, 0.6) is 0 Å². The zero-order valence-corrected chi connectivity index (χ0v) is 13.3. The molecule has 1 fully saturated rings. The summed E-state index contributed by atoms with van der Waals surface area (Å²) in [4.78, 5) is 12.7. The fourth-order valence-electron chi connectivity index (χ4n) is 2.77. The minimum atomic E-state index is -3.02. The first-order chi connectivity index (χ1) is 10.3. The number of carbonyl (C=O) groups is 1. The van der Waals surface area contributed by atoms with Crippen LogP contribution in [0.1, 0.15) is 25.3 Å². The zero-order chi connectivity index (χ0) is 16.3. The van der Waals surface area contributed by atoms with Gasteiger partial charge in [-0.25, -0.2) is 12.8 Å². The average molecular weight is 329 g/mol. The number of anilines is 1. The second kappa shape index (κ2) is 6.64. The Labute approximate surface area is 129 Å². The summed E-state index contributed by atoms with van der Waals surface area (Å²) < 4.78 is 37.4. The number of aliphatic carboxylic acids is 1. The number of rotatable bonds is 5. The van der Waals surface area contributed by atoms with Crippen molar-refractivity contribution in [2.24, 2.45) is 0 Å². The highest BCUT2D eigenvalue weighted by molar-refractivity contribution is 7.92. The normalized spacial score (nSPS) is 16.7. The molecule has 1 aromatic rings. The number of hydrogen-bond donors (Lipinski definition) is 1. The molecule has 0 radical (unpaired) electrons. The van der Waals surface area contributed by atoms with Crippen LogP contribution in [0, 0.1) is 5.82 Å². The van der Waals surface area contributed by atoms with Gasteiger partial charge in [0.1, 0.15) is 5.82 Å². The molecular formula is C15H20FNO4S. The minimum Gasteiger partial charge on any atom is -0.481 e. The number of halogens is 1. The molecule has 2 rings (SSSR count). The summed E-state index contributed by atoms with van der Waals surface area (Å²) in [7, 11) is -3.02. The van der Waals surface area contributed by atoms with Crippen molar-refractivity contribution in [2.75, 3.05) is 23.7 Å². The molecule has 0 saturated carbocycles. The van der Waals surface area contributed by atoms with E-state index < -0.39 is 21.6 Å². The topological polar surface area (TPSA) is 74.7 Å². The third-order valence-corrected chi connectivity index (χ3v) is 6.38. The number of hydrogen-bond acceptors (Lipinski definition) is 4. The molecule has 5 nitrogen and oxygen atoms in total. The van der Waals surface area contributed by atoms with Gasteiger partial charge < -0.3 is 10.0 Å². The third kappa shape index (κ3) is 3.76. The summed E-state index contributed by atoms with van der Waals surface area (Å²) in [5.41, 5.74) is 0.887. The Kier molecular flexibility index (Phi) is 5.05. The number of sulfone groups is 1. The van der Waals surface area contributed by atoms with Gasteiger partial charge in [-0.3, -0.25) is 4.79 Å². The monoisotopic (exact) mass is 329 g/mol. The van der Waals surface area contributed by atoms with Crippen LogP contribution in [-0.4, -0.2) is 43.6 Å². The number of nitrogens with zero attached hydrogens (tertiary/aromatic N) is 1. The number of carboxylic acids is 1. The van der Waals surface area contributed by atoms with Gasteiger partial charge in [-0.15, -0.1) is 0 Å². The maximum atomic E-state index is 13.6. The van der Waals surface area contributed by atoms with Crippen LogP contribution in [0.2, 0.25) is 0 Å². The van der Waals surface area contributed by atoms with Gasteiger partial charge in [0.2, 0.25) is 0 Å². The summed E-state index contributed by atoms with van der Waals surface area (Å²) in [5, 5.41) is 8.48. The minimum absolute atomic E-state index is 0.147. The molecule has 1 aliphatic rings. The lowest BCUT2D eigenvalue weighted by atomic mass is 10.1. The maximum absolute atomic E-state index is 13.6. The van der Waals surface area contributed by atoms with E-state index in [-0.39, 0.29) is 23.0 Å². The molecule has 0 atom stereocenters. The highest BCUT2D eigenvalue weighted by Crippen LogP contribution is 2.25. The van der Waals surface area contributed by atoms with Gasteiger partial charge in [-0.05, 0) is 31.0 Å². The summed E-state index contributed by atoms with van der Waals surface area (Å²) in [6.07, 6.45) is 0.726. The van der Waals surface area contributed by atoms with E-state index in [9.17, 15) is 17.6 Å². The Morgan fingerprint density at radius 1 is 1.36 bits per heavy atom. The molecule has 1 saturated heterocycles. The van der Waals surface area contributed by atoms with Gasteiger partial charge in [0.05, 0.1) is 11.7 Å². The fraction of sp³-hybridized carbons (Fsp3) is 0.533. The quantitative estimate of drug-likeness (QED) is 0.892. The van der Waals surface area contributed by atoms with Crippen molar-refractivity contribution in [1.82, 2.24) is 0 Å². The Hall–Kier alpha value is -1.63. The standard InChI is InChI=1S/C15H20FNO4S/c1-2-22(20,21)13-5-7-17(8-6-13)12-3-4-14(16)11(9-12)10-15(18)19/h3-4,9,13H,2,5-8,10H2,1H3,(H,18,19). The first-order valence-corrected chi connectivity index (χ1v) is 9.01. The van der Waals surface area contributed by atoms with Gasteiger partial charge in [0.25, 0.3) is 0 Å². The van der Waals surface area contributed by atoms with E-state index in [1.54, 1.807) is 13.0 Å². The van der Waals surface area contributed by atoms with Crippen molar-refractivity contribution in [3.63, 3.8) is 0 Å². The van der Waals surface area contributed by atoms with Crippen LogP contribution in [0.25, 0.3) is 0 Å². The summed E-state index contributed by atoms with van der Waals surface area (Å²) in [6.45, 7) is 2.80. The molecule has 122 valence electrons. The molecule has 1 N–H and O–H groups in total. The van der Waals surface area contributed by atoms with Crippen LogP contribution in [-0.2, 0) is 21.1 Å². The first-order valence-electron chi connectivity index (χ1n) is 7.30.